The highest BCUT2D eigenvalue weighted by atomic mass is 16.2. The van der Waals surface area contributed by atoms with E-state index in [9.17, 15) is 10.1 Å². The second kappa shape index (κ2) is 13.4. The molecule has 0 bridgehead atoms. The minimum absolute atomic E-state index is 0.0718. The van der Waals surface area contributed by atoms with Gasteiger partial charge in [-0.2, -0.15) is 5.26 Å². The fraction of sp³-hybridized carbons (Fsp3) is 0.395. The zero-order valence-electron chi connectivity index (χ0n) is 25.2. The molecule has 5 nitrogen and oxygen atoms in total. The Kier molecular flexibility index (Phi) is 9.03. The number of nitriles is 1. The third-order valence-electron chi connectivity index (χ3n) is 9.84. The van der Waals surface area contributed by atoms with Gasteiger partial charge < -0.3 is 4.90 Å². The molecule has 1 saturated carbocycles. The number of nitrogens with one attached hydrogen (secondary N) is 1. The third-order valence-corrected chi connectivity index (χ3v) is 9.84. The molecule has 1 heterocycles. The number of rotatable bonds is 7. The van der Waals surface area contributed by atoms with E-state index in [1.165, 1.54) is 23.1 Å². The van der Waals surface area contributed by atoms with Crippen molar-refractivity contribution in [3.63, 3.8) is 0 Å². The maximum Gasteiger partial charge on any atom is 0.254 e. The number of allylic oxidation sites excluding steroid dienone is 1. The summed E-state index contributed by atoms with van der Waals surface area (Å²) in [7, 11) is 0. The fourth-order valence-corrected chi connectivity index (χ4v) is 7.34. The Hall–Kier alpha value is -4.17. The molecule has 2 aliphatic carbocycles. The summed E-state index contributed by atoms with van der Waals surface area (Å²) >= 11 is 0. The molecule has 1 amide bonds. The number of fused-ring (bicyclic) bond motifs is 3. The summed E-state index contributed by atoms with van der Waals surface area (Å²) in [6, 6.07) is 27.4. The highest BCUT2D eigenvalue weighted by Crippen LogP contribution is 2.50. The zero-order valence-corrected chi connectivity index (χ0v) is 25.2. The lowest BCUT2D eigenvalue weighted by molar-refractivity contribution is -0.128. The summed E-state index contributed by atoms with van der Waals surface area (Å²) in [4.78, 5) is 21.7. The minimum Gasteiger partial charge on any atom is -0.332 e. The lowest BCUT2D eigenvalue weighted by atomic mass is 9.64. The number of aliphatic imine (C=N–C) groups is 1. The van der Waals surface area contributed by atoms with E-state index < -0.39 is 0 Å². The Bertz CT molecular complexity index is 1530. The summed E-state index contributed by atoms with van der Waals surface area (Å²) in [6.07, 6.45) is 12.3. The quantitative estimate of drug-likeness (QED) is 0.104. The molecular weight excluding hydrogens is 528 g/mol. The normalized spacial score (nSPS) is 23.4. The fourth-order valence-electron chi connectivity index (χ4n) is 7.34. The van der Waals surface area contributed by atoms with Crippen LogP contribution < -0.4 is 5.32 Å². The van der Waals surface area contributed by atoms with Gasteiger partial charge in [-0.05, 0) is 91.5 Å². The molecule has 3 aromatic carbocycles. The standard InChI is InChI=1S/C38H42N4O/c1-27-12-5-6-13-28(27)17-11-22-40-37(41-26-39)31-16-9-10-23-42(36(25-31)29-14-3-2-4-15-29)38(43)35-24-30-20-21-32(30)33-18-7-8-19-34(33)35/h2-8,12-15,18-19,24,30-32,36H,9-11,16-17,20-23,25H2,1H3,(H,40,41)/t30?,31?,32-,36?/m1/s1. The number of carbonyl (C=O) groups excluding carboxylic acids is 1. The van der Waals surface area contributed by atoms with Crippen molar-refractivity contribution < 1.29 is 4.79 Å². The molecule has 3 unspecified atom stereocenters. The van der Waals surface area contributed by atoms with Crippen molar-refractivity contribution >= 4 is 17.3 Å². The van der Waals surface area contributed by atoms with Crippen LogP contribution in [0.15, 0.2) is 89.9 Å². The SMILES string of the molecule is Cc1ccccc1CCCN=C(NC#N)C1CCCCN(C(=O)C2=CC3CC[C@H]3c3ccccc32)C(c2ccccc2)C1. The molecule has 1 saturated heterocycles. The van der Waals surface area contributed by atoms with E-state index in [1.54, 1.807) is 0 Å². The highest BCUT2D eigenvalue weighted by Gasteiger charge is 2.40. The molecule has 0 spiro atoms. The first-order valence-corrected chi connectivity index (χ1v) is 16.0. The van der Waals surface area contributed by atoms with Gasteiger partial charge >= 0.3 is 0 Å². The van der Waals surface area contributed by atoms with Crippen molar-refractivity contribution in [1.29, 1.82) is 5.26 Å². The zero-order chi connectivity index (χ0) is 29.6. The third kappa shape index (κ3) is 6.30. The number of hydrogen-bond acceptors (Lipinski definition) is 3. The van der Waals surface area contributed by atoms with Crippen molar-refractivity contribution in [2.45, 2.75) is 70.3 Å². The maximum atomic E-state index is 14.6. The van der Waals surface area contributed by atoms with Gasteiger partial charge in [-0.15, -0.1) is 0 Å². The van der Waals surface area contributed by atoms with Gasteiger partial charge in [-0.1, -0.05) is 91.4 Å². The van der Waals surface area contributed by atoms with E-state index in [0.717, 1.165) is 74.0 Å². The number of aryl methyl sites for hydroxylation is 2. The lowest BCUT2D eigenvalue weighted by Gasteiger charge is -2.42. The number of amidine groups is 1. The molecule has 2 fully saturated rings. The average Bonchev–Trinajstić information content (AvgIpc) is 3.00. The van der Waals surface area contributed by atoms with Gasteiger partial charge in [0.25, 0.3) is 5.91 Å². The van der Waals surface area contributed by atoms with E-state index >= 15 is 0 Å². The van der Waals surface area contributed by atoms with Crippen LogP contribution in [0.2, 0.25) is 0 Å². The van der Waals surface area contributed by atoms with Crippen molar-refractivity contribution in [3.05, 3.63) is 113 Å². The Morgan fingerprint density at radius 1 is 0.977 bits per heavy atom. The predicted molar refractivity (Wildman–Crippen MR) is 173 cm³/mol. The summed E-state index contributed by atoms with van der Waals surface area (Å²) < 4.78 is 0. The lowest BCUT2D eigenvalue weighted by Crippen LogP contribution is -2.41. The molecule has 0 aromatic heterocycles. The van der Waals surface area contributed by atoms with Crippen LogP contribution >= 0.6 is 0 Å². The first-order valence-electron chi connectivity index (χ1n) is 16.0. The summed E-state index contributed by atoms with van der Waals surface area (Å²) in [5.74, 6) is 1.99. The van der Waals surface area contributed by atoms with E-state index in [1.807, 2.05) is 6.07 Å². The predicted octanol–water partition coefficient (Wildman–Crippen LogP) is 7.75. The van der Waals surface area contributed by atoms with Gasteiger partial charge in [0.15, 0.2) is 6.19 Å². The molecule has 5 heteroatoms. The minimum atomic E-state index is -0.0937. The van der Waals surface area contributed by atoms with Crippen LogP contribution in [0.4, 0.5) is 0 Å². The molecule has 43 heavy (non-hydrogen) atoms. The van der Waals surface area contributed by atoms with Gasteiger partial charge in [-0.3, -0.25) is 15.1 Å². The van der Waals surface area contributed by atoms with Gasteiger partial charge in [0.2, 0.25) is 0 Å². The van der Waals surface area contributed by atoms with E-state index in [2.05, 4.69) is 102 Å². The Morgan fingerprint density at radius 3 is 2.56 bits per heavy atom. The highest BCUT2D eigenvalue weighted by molar-refractivity contribution is 6.20. The van der Waals surface area contributed by atoms with Crippen LogP contribution in [0.1, 0.15) is 84.7 Å². The van der Waals surface area contributed by atoms with Crippen LogP contribution in [0.5, 0.6) is 0 Å². The van der Waals surface area contributed by atoms with Crippen LogP contribution in [-0.2, 0) is 11.2 Å². The second-order valence-corrected chi connectivity index (χ2v) is 12.4. The molecule has 6 rings (SSSR count). The van der Waals surface area contributed by atoms with Gasteiger partial charge in [0.1, 0.15) is 5.84 Å². The Labute approximate surface area is 256 Å². The van der Waals surface area contributed by atoms with Crippen molar-refractivity contribution in [2.24, 2.45) is 16.8 Å². The Morgan fingerprint density at radius 2 is 1.77 bits per heavy atom. The summed E-state index contributed by atoms with van der Waals surface area (Å²) in [5.41, 5.74) is 7.12. The largest absolute Gasteiger partial charge is 0.332 e. The van der Waals surface area contributed by atoms with Crippen molar-refractivity contribution in [3.8, 4) is 6.19 Å². The molecule has 3 aliphatic rings. The molecule has 4 atom stereocenters. The first-order chi connectivity index (χ1) is 21.1. The van der Waals surface area contributed by atoms with Gasteiger partial charge in [0, 0.05) is 24.6 Å². The van der Waals surface area contributed by atoms with Crippen molar-refractivity contribution in [2.75, 3.05) is 13.1 Å². The first kappa shape index (κ1) is 28.9. The topological polar surface area (TPSA) is 68.5 Å². The summed E-state index contributed by atoms with van der Waals surface area (Å²) in [6.45, 7) is 3.55. The number of benzene rings is 3. The molecule has 1 aliphatic heterocycles. The molecule has 220 valence electrons. The smallest absolute Gasteiger partial charge is 0.254 e. The molecule has 1 N–H and O–H groups in total. The van der Waals surface area contributed by atoms with Gasteiger partial charge in [-0.25, -0.2) is 0 Å². The molecule has 3 aromatic rings. The Balaban J connectivity index is 1.27. The maximum absolute atomic E-state index is 14.6. The van der Waals surface area contributed by atoms with Gasteiger partial charge in [0.05, 0.1) is 6.04 Å². The monoisotopic (exact) mass is 570 g/mol. The van der Waals surface area contributed by atoms with Crippen LogP contribution in [0, 0.1) is 30.2 Å². The number of nitrogens with zero attached hydrogens (tertiary/aromatic N) is 3. The number of carbonyl (C=O) groups is 1. The molecule has 0 radical (unpaired) electrons. The summed E-state index contributed by atoms with van der Waals surface area (Å²) in [5, 5.41) is 12.7. The average molecular weight is 571 g/mol. The van der Waals surface area contributed by atoms with E-state index in [-0.39, 0.29) is 17.9 Å². The van der Waals surface area contributed by atoms with Crippen LogP contribution in [0.3, 0.4) is 0 Å². The van der Waals surface area contributed by atoms with Crippen molar-refractivity contribution in [1.82, 2.24) is 10.2 Å². The molecular formula is C38H42N4O. The van der Waals surface area contributed by atoms with Crippen LogP contribution in [-0.4, -0.2) is 29.7 Å². The van der Waals surface area contributed by atoms with Crippen LogP contribution in [0.25, 0.3) is 5.57 Å². The van der Waals surface area contributed by atoms with E-state index in [0.29, 0.717) is 18.4 Å². The second-order valence-electron chi connectivity index (χ2n) is 12.4. The number of likely N-dealkylation sites (tertiary alicyclic amines) is 1. The number of amides is 1. The number of hydrogen-bond donors (Lipinski definition) is 1. The van der Waals surface area contributed by atoms with E-state index in [4.69, 9.17) is 4.99 Å².